The topological polar surface area (TPSA) is 149 Å². The minimum Gasteiger partial charge on any atom is -0.393 e. The molecular weight excluding hydrogens is 470 g/mol. The Bertz CT molecular complexity index is 1210. The van der Waals surface area contributed by atoms with Crippen LogP contribution in [0.15, 0.2) is 23.4 Å². The van der Waals surface area contributed by atoms with Crippen molar-refractivity contribution in [2.75, 3.05) is 11.1 Å². The van der Waals surface area contributed by atoms with Crippen LogP contribution in [0.4, 0.5) is 14.6 Å². The molecule has 0 aliphatic heterocycles. The fourth-order valence-electron chi connectivity index (χ4n) is 4.26. The molecule has 0 bridgehead atoms. The van der Waals surface area contributed by atoms with Gasteiger partial charge in [0.25, 0.3) is 0 Å². The number of halogens is 2. The number of aromatic nitrogens is 5. The van der Waals surface area contributed by atoms with E-state index in [9.17, 15) is 29.2 Å². The first kappa shape index (κ1) is 23.3. The van der Waals surface area contributed by atoms with Crippen molar-refractivity contribution in [2.45, 2.75) is 67.3 Å². The molecule has 2 aliphatic rings. The molecule has 10 nitrogen and oxygen atoms in total. The maximum Gasteiger partial charge on any atom is 0.191 e. The van der Waals surface area contributed by atoms with Gasteiger partial charge in [0.15, 0.2) is 33.8 Å². The highest BCUT2D eigenvalue weighted by atomic mass is 32.2. The van der Waals surface area contributed by atoms with E-state index in [0.29, 0.717) is 39.9 Å². The number of thioether (sulfide) groups is 1. The zero-order chi connectivity index (χ0) is 24.1. The number of aliphatic hydroxyl groups excluding tert-OH is 4. The second kappa shape index (κ2) is 8.96. The second-order valence-corrected chi connectivity index (χ2v) is 9.83. The largest absolute Gasteiger partial charge is 0.393 e. The average Bonchev–Trinajstić information content (AvgIpc) is 3.36. The van der Waals surface area contributed by atoms with Crippen LogP contribution in [0.2, 0.25) is 0 Å². The van der Waals surface area contributed by atoms with Gasteiger partial charge in [-0.15, -0.1) is 5.10 Å². The molecule has 3 aromatic rings. The van der Waals surface area contributed by atoms with E-state index in [1.165, 1.54) is 22.5 Å². The first-order valence-corrected chi connectivity index (χ1v) is 11.9. The van der Waals surface area contributed by atoms with Gasteiger partial charge in [0.2, 0.25) is 0 Å². The summed E-state index contributed by atoms with van der Waals surface area (Å²) >= 11 is 1.23. The molecule has 2 aliphatic carbocycles. The van der Waals surface area contributed by atoms with Crippen LogP contribution >= 0.6 is 11.8 Å². The van der Waals surface area contributed by atoms with Crippen LogP contribution in [0.5, 0.6) is 0 Å². The number of nitrogens with zero attached hydrogens (tertiary/aromatic N) is 5. The Balaban J connectivity index is 1.46. The van der Waals surface area contributed by atoms with Gasteiger partial charge in [0.1, 0.15) is 12.2 Å². The average molecular weight is 495 g/mol. The van der Waals surface area contributed by atoms with Crippen molar-refractivity contribution in [1.82, 2.24) is 25.0 Å². The standard InChI is InChI=1S/C21H24F2N6O4S/c1-8(30)7-34-21-25-19(24-13-5-10(13)9-2-3-11(22)12(23)4-9)16-20(26-21)29(28-27-16)14-6-15(31)18(33)17(14)32/h2-4,8,10,13-15,17-18,30-33H,5-7H2,1H3,(H,24,25,26)/t8-,10-,13+,14+,15-,17-,18+/m0/s1. The summed E-state index contributed by atoms with van der Waals surface area (Å²) in [6, 6.07) is 3.02. The lowest BCUT2D eigenvalue weighted by atomic mass is 10.1. The molecule has 0 spiro atoms. The number of fused-ring (bicyclic) bond motifs is 1. The Labute approximate surface area is 197 Å². The van der Waals surface area contributed by atoms with E-state index in [-0.39, 0.29) is 18.4 Å². The number of hydrogen-bond donors (Lipinski definition) is 5. The molecule has 0 amide bonds. The molecule has 2 saturated carbocycles. The molecule has 2 aromatic heterocycles. The van der Waals surface area contributed by atoms with Gasteiger partial charge < -0.3 is 25.7 Å². The van der Waals surface area contributed by atoms with Gasteiger partial charge in [-0.25, -0.2) is 23.4 Å². The van der Waals surface area contributed by atoms with Crippen molar-refractivity contribution in [2.24, 2.45) is 0 Å². The van der Waals surface area contributed by atoms with E-state index in [4.69, 9.17) is 0 Å². The van der Waals surface area contributed by atoms with Gasteiger partial charge in [0, 0.05) is 24.1 Å². The summed E-state index contributed by atoms with van der Waals surface area (Å²) in [6.45, 7) is 1.64. The van der Waals surface area contributed by atoms with E-state index in [0.717, 1.165) is 6.07 Å². The normalized spacial score (nSPS) is 29.5. The van der Waals surface area contributed by atoms with Crippen molar-refractivity contribution < 1.29 is 29.2 Å². The summed E-state index contributed by atoms with van der Waals surface area (Å²) in [5.74, 6) is -1.10. The minimum atomic E-state index is -1.31. The number of nitrogens with one attached hydrogen (secondary N) is 1. The molecule has 7 atom stereocenters. The van der Waals surface area contributed by atoms with E-state index < -0.39 is 42.1 Å². The summed E-state index contributed by atoms with van der Waals surface area (Å²) in [5, 5.41) is 51.9. The highest BCUT2D eigenvalue weighted by Crippen LogP contribution is 2.44. The van der Waals surface area contributed by atoms with Crippen LogP contribution in [-0.4, -0.2) is 81.6 Å². The van der Waals surface area contributed by atoms with Crippen molar-refractivity contribution in [3.05, 3.63) is 35.4 Å². The zero-order valence-electron chi connectivity index (χ0n) is 18.1. The van der Waals surface area contributed by atoms with Crippen LogP contribution < -0.4 is 5.32 Å². The Kier molecular flexibility index (Phi) is 6.14. The van der Waals surface area contributed by atoms with Gasteiger partial charge in [-0.1, -0.05) is 23.0 Å². The molecule has 0 radical (unpaired) electrons. The Morgan fingerprint density at radius 2 is 1.94 bits per heavy atom. The van der Waals surface area contributed by atoms with Gasteiger partial charge in [-0.2, -0.15) is 0 Å². The van der Waals surface area contributed by atoms with Crippen molar-refractivity contribution in [3.8, 4) is 0 Å². The lowest BCUT2D eigenvalue weighted by Crippen LogP contribution is -2.31. The summed E-state index contributed by atoms with van der Waals surface area (Å²) in [5.41, 5.74) is 1.31. The number of anilines is 1. The van der Waals surface area contributed by atoms with E-state index >= 15 is 0 Å². The SMILES string of the molecule is C[C@H](O)CSc1nc(N[C@@H]2C[C@H]2c2ccc(F)c(F)c2)c2nnn([C@@H]3C[C@H](O)[C@@H](O)[C@H]3O)c2n1. The lowest BCUT2D eigenvalue weighted by Gasteiger charge is -2.16. The smallest absolute Gasteiger partial charge is 0.191 e. The molecule has 5 N–H and O–H groups in total. The van der Waals surface area contributed by atoms with Crippen LogP contribution in [0.25, 0.3) is 11.2 Å². The first-order chi connectivity index (χ1) is 16.2. The van der Waals surface area contributed by atoms with Crippen molar-refractivity contribution in [1.29, 1.82) is 0 Å². The Morgan fingerprint density at radius 3 is 2.62 bits per heavy atom. The fourth-order valence-corrected chi connectivity index (χ4v) is 4.96. The fraction of sp³-hybridized carbons (Fsp3) is 0.524. The highest BCUT2D eigenvalue weighted by molar-refractivity contribution is 7.99. The summed E-state index contributed by atoms with van der Waals surface area (Å²) in [4.78, 5) is 9.02. The summed E-state index contributed by atoms with van der Waals surface area (Å²) in [7, 11) is 0. The number of rotatable bonds is 7. The highest BCUT2D eigenvalue weighted by Gasteiger charge is 2.44. The molecule has 0 saturated heterocycles. The summed E-state index contributed by atoms with van der Waals surface area (Å²) < 4.78 is 28.3. The summed E-state index contributed by atoms with van der Waals surface area (Å²) in [6.07, 6.45) is -3.50. The second-order valence-electron chi connectivity index (χ2n) is 8.84. The quantitative estimate of drug-likeness (QED) is 0.238. The van der Waals surface area contributed by atoms with Gasteiger partial charge in [-0.3, -0.25) is 0 Å². The molecule has 1 aromatic carbocycles. The molecule has 2 heterocycles. The number of hydrogen-bond acceptors (Lipinski definition) is 10. The van der Waals surface area contributed by atoms with Gasteiger partial charge in [0.05, 0.1) is 18.2 Å². The molecule has 13 heteroatoms. The van der Waals surface area contributed by atoms with Gasteiger partial charge in [-0.05, 0) is 31.0 Å². The van der Waals surface area contributed by atoms with E-state index in [1.54, 1.807) is 13.0 Å². The molecule has 5 rings (SSSR count). The third kappa shape index (κ3) is 4.33. The van der Waals surface area contributed by atoms with Crippen molar-refractivity contribution in [3.63, 3.8) is 0 Å². The first-order valence-electron chi connectivity index (χ1n) is 10.9. The number of aliphatic hydroxyl groups is 4. The molecule has 0 unspecified atom stereocenters. The zero-order valence-corrected chi connectivity index (χ0v) is 18.9. The van der Waals surface area contributed by atoms with Gasteiger partial charge >= 0.3 is 0 Å². The predicted octanol–water partition coefficient (Wildman–Crippen LogP) is 0.968. The van der Waals surface area contributed by atoms with E-state index in [1.807, 2.05) is 0 Å². The number of benzene rings is 1. The minimum absolute atomic E-state index is 0.0364. The van der Waals surface area contributed by atoms with Crippen LogP contribution in [0, 0.1) is 11.6 Å². The Morgan fingerprint density at radius 1 is 1.15 bits per heavy atom. The maximum atomic E-state index is 13.7. The Hall–Kier alpha value is -2.45. The predicted molar refractivity (Wildman–Crippen MR) is 118 cm³/mol. The third-order valence-electron chi connectivity index (χ3n) is 6.18. The van der Waals surface area contributed by atoms with Crippen molar-refractivity contribution >= 4 is 28.7 Å². The third-order valence-corrected chi connectivity index (χ3v) is 7.27. The lowest BCUT2D eigenvalue weighted by molar-refractivity contribution is -0.0253. The molecule has 34 heavy (non-hydrogen) atoms. The van der Waals surface area contributed by atoms with Crippen LogP contribution in [-0.2, 0) is 0 Å². The van der Waals surface area contributed by atoms with Crippen LogP contribution in [0.1, 0.15) is 37.3 Å². The van der Waals surface area contributed by atoms with E-state index in [2.05, 4.69) is 25.6 Å². The molecule has 182 valence electrons. The maximum absolute atomic E-state index is 13.7. The van der Waals surface area contributed by atoms with Crippen LogP contribution in [0.3, 0.4) is 0 Å². The monoisotopic (exact) mass is 494 g/mol. The molecular formula is C21H24F2N6O4S. The molecule has 2 fully saturated rings.